The number of aryl methyl sites for hydroxylation is 3. The van der Waals surface area contributed by atoms with Crippen LogP contribution in [0.15, 0.2) is 39.8 Å². The van der Waals surface area contributed by atoms with Crippen LogP contribution in [-0.2, 0) is 19.4 Å². The predicted octanol–water partition coefficient (Wildman–Crippen LogP) is 3.38. The second-order valence-corrected chi connectivity index (χ2v) is 8.07. The number of carbonyl (C=O) groups excluding carboxylic acids is 1. The highest BCUT2D eigenvalue weighted by Gasteiger charge is 2.26. The van der Waals surface area contributed by atoms with E-state index in [1.54, 1.807) is 29.5 Å². The van der Waals surface area contributed by atoms with Crippen LogP contribution in [0.3, 0.4) is 0 Å². The molecular formula is C23H26N4O3. The lowest BCUT2D eigenvalue weighted by Gasteiger charge is -2.26. The number of aromatic nitrogens is 3. The van der Waals surface area contributed by atoms with E-state index in [4.69, 9.17) is 4.52 Å². The van der Waals surface area contributed by atoms with Gasteiger partial charge in [-0.15, -0.1) is 0 Å². The fourth-order valence-electron chi connectivity index (χ4n) is 4.09. The highest BCUT2D eigenvalue weighted by molar-refractivity contribution is 5.95. The number of hydrogen-bond donors (Lipinski definition) is 0. The van der Waals surface area contributed by atoms with Gasteiger partial charge in [-0.25, -0.2) is 0 Å². The smallest absolute Gasteiger partial charge is 0.268 e. The Balaban J connectivity index is 1.77. The van der Waals surface area contributed by atoms with Crippen molar-refractivity contribution in [3.05, 3.63) is 74.8 Å². The molecule has 30 heavy (non-hydrogen) atoms. The first kappa shape index (κ1) is 20.1. The Bertz CT molecular complexity index is 1160. The number of carbonyl (C=O) groups is 1. The topological polar surface area (TPSA) is 81.2 Å². The van der Waals surface area contributed by atoms with Crippen LogP contribution in [0.2, 0.25) is 0 Å². The summed E-state index contributed by atoms with van der Waals surface area (Å²) in [4.78, 5) is 32.8. The Morgan fingerprint density at radius 3 is 2.73 bits per heavy atom. The van der Waals surface area contributed by atoms with Crippen molar-refractivity contribution in [1.82, 2.24) is 19.6 Å². The van der Waals surface area contributed by atoms with Crippen LogP contribution in [0.5, 0.6) is 0 Å². The molecule has 7 nitrogen and oxygen atoms in total. The Labute approximate surface area is 175 Å². The molecule has 7 heteroatoms. The number of fused-ring (bicyclic) bond motifs is 1. The van der Waals surface area contributed by atoms with Gasteiger partial charge in [-0.1, -0.05) is 17.3 Å². The van der Waals surface area contributed by atoms with Gasteiger partial charge in [0.2, 0.25) is 5.89 Å². The fraction of sp³-hybridized carbons (Fsp3) is 0.391. The van der Waals surface area contributed by atoms with Crippen molar-refractivity contribution < 1.29 is 9.32 Å². The van der Waals surface area contributed by atoms with Gasteiger partial charge in [0, 0.05) is 19.2 Å². The van der Waals surface area contributed by atoms with E-state index < -0.39 is 0 Å². The third-order valence-corrected chi connectivity index (χ3v) is 5.66. The van der Waals surface area contributed by atoms with Crippen LogP contribution in [0.4, 0.5) is 0 Å². The molecular weight excluding hydrogens is 380 g/mol. The van der Waals surface area contributed by atoms with E-state index in [-0.39, 0.29) is 29.6 Å². The molecule has 2 heterocycles. The molecule has 1 aliphatic rings. The van der Waals surface area contributed by atoms with Gasteiger partial charge in [0.15, 0.2) is 5.82 Å². The molecule has 0 aliphatic heterocycles. The van der Waals surface area contributed by atoms with Gasteiger partial charge >= 0.3 is 0 Å². The maximum Gasteiger partial charge on any atom is 0.268 e. The molecule has 2 aromatic heterocycles. The summed E-state index contributed by atoms with van der Waals surface area (Å²) in [6.45, 7) is 7.50. The molecule has 1 aromatic carbocycles. The second kappa shape index (κ2) is 7.89. The average molecular weight is 406 g/mol. The lowest BCUT2D eigenvalue weighted by molar-refractivity contribution is 0.0680. The molecule has 0 bridgehead atoms. The van der Waals surface area contributed by atoms with Crippen LogP contribution in [-0.4, -0.2) is 31.6 Å². The van der Waals surface area contributed by atoms with Crippen molar-refractivity contribution in [2.45, 2.75) is 59.5 Å². The Hall–Kier alpha value is -3.22. The van der Waals surface area contributed by atoms with E-state index in [1.165, 1.54) is 11.1 Å². The quantitative estimate of drug-likeness (QED) is 0.649. The normalized spacial score (nSPS) is 13.0. The standard InChI is InChI=1S/C23H26N4O3/c1-14(2)27(13-20-24-16(4)30-25-20)23(29)21-15(3)11-12-26(22(21)28)19-10-6-8-17-7-5-9-18(17)19/h6,8,10-12,14H,5,7,9,13H2,1-4H3. The highest BCUT2D eigenvalue weighted by Crippen LogP contribution is 2.27. The summed E-state index contributed by atoms with van der Waals surface area (Å²) < 4.78 is 6.65. The van der Waals surface area contributed by atoms with Crippen molar-refractivity contribution >= 4 is 5.91 Å². The van der Waals surface area contributed by atoms with Gasteiger partial charge in [-0.2, -0.15) is 4.98 Å². The summed E-state index contributed by atoms with van der Waals surface area (Å²) in [5.74, 6) is 0.540. The average Bonchev–Trinajstić information content (AvgIpc) is 3.34. The van der Waals surface area contributed by atoms with E-state index in [0.29, 0.717) is 17.3 Å². The first-order valence-corrected chi connectivity index (χ1v) is 10.3. The van der Waals surface area contributed by atoms with Gasteiger partial charge in [0.1, 0.15) is 5.56 Å². The molecule has 0 N–H and O–H groups in total. The largest absolute Gasteiger partial charge is 0.340 e. The van der Waals surface area contributed by atoms with E-state index in [2.05, 4.69) is 16.2 Å². The van der Waals surface area contributed by atoms with Crippen molar-refractivity contribution in [2.24, 2.45) is 0 Å². The number of nitrogens with zero attached hydrogens (tertiary/aromatic N) is 4. The number of amides is 1. The van der Waals surface area contributed by atoms with E-state index in [0.717, 1.165) is 24.9 Å². The third-order valence-electron chi connectivity index (χ3n) is 5.66. The summed E-state index contributed by atoms with van der Waals surface area (Å²) in [5, 5.41) is 3.90. The SMILES string of the molecule is Cc1nc(CN(C(=O)c2c(C)ccn(-c3cccc4c3CCC4)c2=O)C(C)C)no1. The molecule has 0 fully saturated rings. The maximum absolute atomic E-state index is 13.5. The molecule has 0 radical (unpaired) electrons. The van der Waals surface area contributed by atoms with Gasteiger partial charge < -0.3 is 9.42 Å². The molecule has 0 saturated heterocycles. The van der Waals surface area contributed by atoms with Crippen molar-refractivity contribution in [3.63, 3.8) is 0 Å². The van der Waals surface area contributed by atoms with E-state index in [9.17, 15) is 9.59 Å². The summed E-state index contributed by atoms with van der Waals surface area (Å²) in [6, 6.07) is 7.75. The number of benzene rings is 1. The maximum atomic E-state index is 13.5. The molecule has 1 amide bonds. The fourth-order valence-corrected chi connectivity index (χ4v) is 4.09. The molecule has 0 saturated carbocycles. The summed E-state index contributed by atoms with van der Waals surface area (Å²) in [6.07, 6.45) is 4.83. The minimum Gasteiger partial charge on any atom is -0.340 e. The molecule has 0 spiro atoms. The van der Waals surface area contributed by atoms with E-state index >= 15 is 0 Å². The number of rotatable bonds is 5. The Morgan fingerprint density at radius 2 is 2.03 bits per heavy atom. The summed E-state index contributed by atoms with van der Waals surface area (Å²) >= 11 is 0. The monoisotopic (exact) mass is 406 g/mol. The zero-order chi connectivity index (χ0) is 21.4. The van der Waals surface area contributed by atoms with Crippen molar-refractivity contribution in [2.75, 3.05) is 0 Å². The zero-order valence-corrected chi connectivity index (χ0v) is 17.8. The van der Waals surface area contributed by atoms with Gasteiger partial charge in [0.25, 0.3) is 11.5 Å². The molecule has 4 rings (SSSR count). The van der Waals surface area contributed by atoms with Crippen LogP contribution < -0.4 is 5.56 Å². The summed E-state index contributed by atoms with van der Waals surface area (Å²) in [5.41, 5.74) is 3.89. The molecule has 3 aromatic rings. The molecule has 1 aliphatic carbocycles. The Morgan fingerprint density at radius 1 is 1.23 bits per heavy atom. The Kier molecular flexibility index (Phi) is 5.28. The molecule has 0 atom stereocenters. The lowest BCUT2D eigenvalue weighted by atomic mass is 10.1. The molecule has 156 valence electrons. The number of hydrogen-bond acceptors (Lipinski definition) is 5. The second-order valence-electron chi connectivity index (χ2n) is 8.07. The van der Waals surface area contributed by atoms with Crippen LogP contribution >= 0.6 is 0 Å². The van der Waals surface area contributed by atoms with Crippen LogP contribution in [0.1, 0.15) is 59.0 Å². The van der Waals surface area contributed by atoms with Crippen LogP contribution in [0.25, 0.3) is 5.69 Å². The predicted molar refractivity (Wildman–Crippen MR) is 113 cm³/mol. The van der Waals surface area contributed by atoms with Gasteiger partial charge in [-0.3, -0.25) is 14.2 Å². The molecule has 0 unspecified atom stereocenters. The minimum absolute atomic E-state index is 0.135. The first-order valence-electron chi connectivity index (χ1n) is 10.3. The van der Waals surface area contributed by atoms with Crippen molar-refractivity contribution in [3.8, 4) is 5.69 Å². The first-order chi connectivity index (χ1) is 14.4. The van der Waals surface area contributed by atoms with Gasteiger partial charge in [-0.05, 0) is 68.9 Å². The number of pyridine rings is 1. The summed E-state index contributed by atoms with van der Waals surface area (Å²) in [7, 11) is 0. The third kappa shape index (κ3) is 3.56. The van der Waals surface area contributed by atoms with Gasteiger partial charge in [0.05, 0.1) is 12.2 Å². The van der Waals surface area contributed by atoms with Crippen LogP contribution in [0, 0.1) is 13.8 Å². The van der Waals surface area contributed by atoms with Crippen molar-refractivity contribution in [1.29, 1.82) is 0 Å². The zero-order valence-electron chi connectivity index (χ0n) is 17.8. The van der Waals surface area contributed by atoms with E-state index in [1.807, 2.05) is 32.0 Å². The lowest BCUT2D eigenvalue weighted by Crippen LogP contribution is -2.41. The highest BCUT2D eigenvalue weighted by atomic mass is 16.5. The minimum atomic E-state index is -0.322.